The van der Waals surface area contributed by atoms with Gasteiger partial charge in [0.05, 0.1) is 11.6 Å². The number of carbonyl (C=O) groups excluding carboxylic acids is 2. The van der Waals surface area contributed by atoms with Gasteiger partial charge in [0.25, 0.3) is 0 Å². The van der Waals surface area contributed by atoms with Crippen molar-refractivity contribution in [1.29, 1.82) is 0 Å². The minimum absolute atomic E-state index is 0.00792. The summed E-state index contributed by atoms with van der Waals surface area (Å²) in [6, 6.07) is 11.6. The molecule has 2 saturated heterocycles. The fourth-order valence-electron chi connectivity index (χ4n) is 3.94. The first kappa shape index (κ1) is 18.5. The van der Waals surface area contributed by atoms with Crippen molar-refractivity contribution in [3.05, 3.63) is 48.2 Å². The molecule has 28 heavy (non-hydrogen) atoms. The van der Waals surface area contributed by atoms with Gasteiger partial charge >= 0.3 is 0 Å². The van der Waals surface area contributed by atoms with Crippen molar-refractivity contribution in [2.75, 3.05) is 34.8 Å². The van der Waals surface area contributed by atoms with Gasteiger partial charge in [0, 0.05) is 37.9 Å². The van der Waals surface area contributed by atoms with E-state index in [2.05, 4.69) is 15.2 Å². The van der Waals surface area contributed by atoms with Crippen molar-refractivity contribution in [2.45, 2.75) is 32.6 Å². The van der Waals surface area contributed by atoms with Crippen LogP contribution < -0.4 is 15.1 Å². The highest BCUT2D eigenvalue weighted by Gasteiger charge is 2.35. The second-order valence-corrected chi connectivity index (χ2v) is 7.65. The molecule has 1 N–H and O–H groups in total. The number of anilines is 3. The zero-order valence-corrected chi connectivity index (χ0v) is 16.2. The molecule has 2 amide bonds. The molecule has 6 heteroatoms. The van der Waals surface area contributed by atoms with Gasteiger partial charge in [-0.05, 0) is 50.5 Å². The van der Waals surface area contributed by atoms with E-state index in [1.807, 2.05) is 43.3 Å². The molecule has 1 atom stereocenters. The summed E-state index contributed by atoms with van der Waals surface area (Å²) < 4.78 is 0. The van der Waals surface area contributed by atoms with Crippen molar-refractivity contribution < 1.29 is 9.59 Å². The average molecular weight is 378 g/mol. The highest BCUT2D eigenvalue weighted by molar-refractivity contribution is 6.04. The molecule has 4 rings (SSSR count). The molecule has 1 aromatic heterocycles. The van der Waals surface area contributed by atoms with E-state index < -0.39 is 0 Å². The maximum Gasteiger partial charge on any atom is 0.229 e. The van der Waals surface area contributed by atoms with Crippen molar-refractivity contribution >= 4 is 29.0 Å². The summed E-state index contributed by atoms with van der Waals surface area (Å²) in [4.78, 5) is 33.8. The topological polar surface area (TPSA) is 65.5 Å². The highest BCUT2D eigenvalue weighted by Crippen LogP contribution is 2.29. The van der Waals surface area contributed by atoms with Crippen LogP contribution in [0.15, 0.2) is 42.6 Å². The third-order valence-corrected chi connectivity index (χ3v) is 5.54. The molecule has 0 saturated carbocycles. The number of rotatable bonds is 4. The molecule has 2 aliphatic rings. The minimum atomic E-state index is -0.358. The van der Waals surface area contributed by atoms with Crippen LogP contribution >= 0.6 is 0 Å². The van der Waals surface area contributed by atoms with E-state index in [9.17, 15) is 9.59 Å². The van der Waals surface area contributed by atoms with E-state index in [1.165, 1.54) is 6.42 Å². The van der Waals surface area contributed by atoms with Gasteiger partial charge in [-0.3, -0.25) is 9.59 Å². The van der Waals surface area contributed by atoms with E-state index >= 15 is 0 Å². The van der Waals surface area contributed by atoms with E-state index in [0.717, 1.165) is 48.7 Å². The van der Waals surface area contributed by atoms with Gasteiger partial charge in [-0.25, -0.2) is 4.98 Å². The third-order valence-electron chi connectivity index (χ3n) is 5.54. The number of nitrogens with one attached hydrogen (secondary N) is 1. The average Bonchev–Trinajstić information content (AvgIpc) is 3.11. The van der Waals surface area contributed by atoms with E-state index in [0.29, 0.717) is 6.54 Å². The summed E-state index contributed by atoms with van der Waals surface area (Å²) in [5, 5.41) is 3.03. The molecule has 0 bridgehead atoms. The molecule has 146 valence electrons. The Bertz CT molecular complexity index is 859. The Balaban J connectivity index is 1.46. The molecule has 2 aromatic rings. The van der Waals surface area contributed by atoms with Gasteiger partial charge in [-0.2, -0.15) is 0 Å². The smallest absolute Gasteiger partial charge is 0.229 e. The summed E-state index contributed by atoms with van der Waals surface area (Å²) in [7, 11) is 0. The molecular formula is C22H26N4O2. The lowest BCUT2D eigenvalue weighted by Gasteiger charge is -2.29. The van der Waals surface area contributed by atoms with Crippen molar-refractivity contribution in [3.8, 4) is 0 Å². The monoisotopic (exact) mass is 378 g/mol. The lowest BCUT2D eigenvalue weighted by Crippen LogP contribution is -2.32. The van der Waals surface area contributed by atoms with Gasteiger partial charge < -0.3 is 15.1 Å². The number of amides is 2. The quantitative estimate of drug-likeness (QED) is 0.886. The minimum Gasteiger partial charge on any atom is -0.355 e. The molecule has 6 nitrogen and oxygen atoms in total. The van der Waals surface area contributed by atoms with E-state index in [-0.39, 0.29) is 24.2 Å². The lowest BCUT2D eigenvalue weighted by atomic mass is 10.1. The number of aromatic nitrogens is 1. The Morgan fingerprint density at radius 3 is 2.61 bits per heavy atom. The van der Waals surface area contributed by atoms with Gasteiger partial charge in [0.15, 0.2) is 5.82 Å². The standard InChI is InChI=1S/C22H26N4O2/c1-16-7-9-18(10-8-16)26-15-17(14-20(26)27)22(28)24-19-6-5-11-23-21(19)25-12-3-2-4-13-25/h5-11,17H,2-4,12-15H2,1H3,(H,24,28). The van der Waals surface area contributed by atoms with Gasteiger partial charge in [-0.15, -0.1) is 0 Å². The fourth-order valence-corrected chi connectivity index (χ4v) is 3.94. The van der Waals surface area contributed by atoms with Crippen LogP contribution in [0.25, 0.3) is 0 Å². The van der Waals surface area contributed by atoms with Crippen LogP contribution in [-0.2, 0) is 9.59 Å². The maximum absolute atomic E-state index is 12.9. The first-order chi connectivity index (χ1) is 13.6. The molecule has 0 spiro atoms. The number of benzene rings is 1. The molecule has 1 unspecified atom stereocenters. The number of nitrogens with zero attached hydrogens (tertiary/aromatic N) is 3. The first-order valence-electron chi connectivity index (χ1n) is 9.99. The molecule has 2 aliphatic heterocycles. The largest absolute Gasteiger partial charge is 0.355 e. The SMILES string of the molecule is Cc1ccc(N2CC(C(=O)Nc3cccnc3N3CCCCC3)CC2=O)cc1. The van der Waals surface area contributed by atoms with E-state index in [4.69, 9.17) is 0 Å². The molecule has 2 fully saturated rings. The van der Waals surface area contributed by atoms with Gasteiger partial charge in [0.2, 0.25) is 11.8 Å². The number of hydrogen-bond donors (Lipinski definition) is 1. The van der Waals surface area contributed by atoms with Crippen LogP contribution in [0.3, 0.4) is 0 Å². The molecule has 0 radical (unpaired) electrons. The van der Waals surface area contributed by atoms with Crippen LogP contribution in [0.2, 0.25) is 0 Å². The number of hydrogen-bond acceptors (Lipinski definition) is 4. The summed E-state index contributed by atoms with van der Waals surface area (Å²) >= 11 is 0. The Kier molecular flexibility index (Phi) is 5.28. The van der Waals surface area contributed by atoms with E-state index in [1.54, 1.807) is 11.1 Å². The molecule has 3 heterocycles. The third kappa shape index (κ3) is 3.86. The number of piperidine rings is 1. The maximum atomic E-state index is 12.9. The molecular weight excluding hydrogens is 352 g/mol. The Morgan fingerprint density at radius 2 is 1.86 bits per heavy atom. The number of aryl methyl sites for hydroxylation is 1. The lowest BCUT2D eigenvalue weighted by molar-refractivity contribution is -0.122. The summed E-state index contributed by atoms with van der Waals surface area (Å²) in [6.45, 7) is 4.35. The van der Waals surface area contributed by atoms with Crippen LogP contribution in [0.1, 0.15) is 31.2 Å². The van der Waals surface area contributed by atoms with Crippen molar-refractivity contribution in [3.63, 3.8) is 0 Å². The van der Waals surface area contributed by atoms with Crippen LogP contribution in [0, 0.1) is 12.8 Å². The zero-order chi connectivity index (χ0) is 19.5. The number of pyridine rings is 1. The van der Waals surface area contributed by atoms with Gasteiger partial charge in [-0.1, -0.05) is 17.7 Å². The fraction of sp³-hybridized carbons (Fsp3) is 0.409. The normalized spacial score (nSPS) is 19.8. The Labute approximate surface area is 165 Å². The number of carbonyl (C=O) groups is 2. The summed E-state index contributed by atoms with van der Waals surface area (Å²) in [6.07, 6.45) is 5.53. The highest BCUT2D eigenvalue weighted by atomic mass is 16.2. The summed E-state index contributed by atoms with van der Waals surface area (Å²) in [5.41, 5.74) is 2.73. The van der Waals surface area contributed by atoms with Crippen LogP contribution in [0.5, 0.6) is 0 Å². The Morgan fingerprint density at radius 1 is 1.11 bits per heavy atom. The molecule has 1 aromatic carbocycles. The molecule has 0 aliphatic carbocycles. The second kappa shape index (κ2) is 8.00. The zero-order valence-electron chi connectivity index (χ0n) is 16.2. The predicted octanol–water partition coefficient (Wildman–Crippen LogP) is 3.37. The summed E-state index contributed by atoms with van der Waals surface area (Å²) in [5.74, 6) is 0.346. The first-order valence-corrected chi connectivity index (χ1v) is 9.99. The van der Waals surface area contributed by atoms with Gasteiger partial charge in [0.1, 0.15) is 0 Å². The Hall–Kier alpha value is -2.89. The van der Waals surface area contributed by atoms with Crippen molar-refractivity contribution in [1.82, 2.24) is 4.98 Å². The van der Waals surface area contributed by atoms with Crippen molar-refractivity contribution in [2.24, 2.45) is 5.92 Å². The van der Waals surface area contributed by atoms with Crippen LogP contribution in [0.4, 0.5) is 17.2 Å². The van der Waals surface area contributed by atoms with Crippen LogP contribution in [-0.4, -0.2) is 36.4 Å². The second-order valence-electron chi connectivity index (χ2n) is 7.65. The predicted molar refractivity (Wildman–Crippen MR) is 111 cm³/mol.